The standard InChI is InChI=1S/C29H30N4O5S2/c1-17-9-11-19(12-10-17)33-28(35)26-20-7-5-6-8-24(20)40-27(26)31-29(33)39-16-25(34)32-30-15-18-13-22(37-3)23(38-4)14-21(18)36-2/h9-15H,5-8,16H2,1-4H3,(H,32,34)/b30-15+. The first kappa shape index (κ1) is 27.7. The molecule has 0 saturated carbocycles. The Balaban J connectivity index is 1.39. The van der Waals surface area contributed by atoms with Crippen LogP contribution in [-0.2, 0) is 17.6 Å². The van der Waals surface area contributed by atoms with E-state index in [0.29, 0.717) is 33.4 Å². The summed E-state index contributed by atoms with van der Waals surface area (Å²) < 4.78 is 17.7. The number of methoxy groups -OCH3 is 3. The van der Waals surface area contributed by atoms with Crippen molar-refractivity contribution < 1.29 is 19.0 Å². The van der Waals surface area contributed by atoms with Gasteiger partial charge in [-0.15, -0.1) is 11.3 Å². The van der Waals surface area contributed by atoms with Crippen molar-refractivity contribution in [2.45, 2.75) is 37.8 Å². The molecule has 2 aromatic carbocycles. The Morgan fingerprint density at radius 1 is 1.07 bits per heavy atom. The van der Waals surface area contributed by atoms with Gasteiger partial charge in [-0.2, -0.15) is 5.10 Å². The van der Waals surface area contributed by atoms with Gasteiger partial charge in [0.2, 0.25) is 0 Å². The molecule has 1 aliphatic carbocycles. The molecule has 0 fully saturated rings. The molecule has 9 nitrogen and oxygen atoms in total. The van der Waals surface area contributed by atoms with Gasteiger partial charge in [-0.05, 0) is 56.4 Å². The van der Waals surface area contributed by atoms with Gasteiger partial charge in [0, 0.05) is 16.5 Å². The lowest BCUT2D eigenvalue weighted by molar-refractivity contribution is -0.118. The average molecular weight is 579 g/mol. The molecular weight excluding hydrogens is 548 g/mol. The fourth-order valence-corrected chi connectivity index (χ4v) is 6.80. The number of nitrogens with one attached hydrogen (secondary N) is 1. The van der Waals surface area contributed by atoms with Crippen LogP contribution in [0.2, 0.25) is 0 Å². The number of hydrogen-bond acceptors (Lipinski definition) is 9. The maximum absolute atomic E-state index is 13.9. The van der Waals surface area contributed by atoms with Crippen molar-refractivity contribution in [3.8, 4) is 22.9 Å². The molecule has 5 rings (SSSR count). The molecule has 11 heteroatoms. The van der Waals surface area contributed by atoms with Crippen molar-refractivity contribution in [2.24, 2.45) is 5.10 Å². The lowest BCUT2D eigenvalue weighted by Crippen LogP contribution is -2.24. The molecule has 0 radical (unpaired) electrons. The molecule has 0 bridgehead atoms. The molecule has 0 unspecified atom stereocenters. The molecule has 0 atom stereocenters. The number of aromatic nitrogens is 2. The van der Waals surface area contributed by atoms with E-state index in [4.69, 9.17) is 19.2 Å². The fraction of sp³-hybridized carbons (Fsp3) is 0.310. The minimum atomic E-state index is -0.337. The highest BCUT2D eigenvalue weighted by Gasteiger charge is 2.23. The third-order valence-electron chi connectivity index (χ3n) is 6.71. The molecule has 40 heavy (non-hydrogen) atoms. The number of carbonyl (C=O) groups excluding carboxylic acids is 1. The van der Waals surface area contributed by atoms with Gasteiger partial charge < -0.3 is 14.2 Å². The smallest absolute Gasteiger partial charge is 0.267 e. The van der Waals surface area contributed by atoms with Crippen LogP contribution < -0.4 is 25.2 Å². The number of thiophene rings is 1. The van der Waals surface area contributed by atoms with Crippen LogP contribution in [0.4, 0.5) is 0 Å². The zero-order chi connectivity index (χ0) is 28.2. The van der Waals surface area contributed by atoms with E-state index in [2.05, 4.69) is 10.5 Å². The summed E-state index contributed by atoms with van der Waals surface area (Å²) in [7, 11) is 4.62. The Labute approximate surface area is 240 Å². The maximum atomic E-state index is 13.9. The second-order valence-corrected chi connectivity index (χ2v) is 11.3. The molecule has 0 spiro atoms. The third kappa shape index (κ3) is 5.57. The fourth-order valence-electron chi connectivity index (χ4n) is 4.69. The van der Waals surface area contributed by atoms with Crippen molar-refractivity contribution in [2.75, 3.05) is 27.1 Å². The lowest BCUT2D eigenvalue weighted by atomic mass is 9.97. The van der Waals surface area contributed by atoms with E-state index in [9.17, 15) is 9.59 Å². The monoisotopic (exact) mass is 578 g/mol. The Morgan fingerprint density at radius 2 is 1.77 bits per heavy atom. The van der Waals surface area contributed by atoms with E-state index in [1.807, 2.05) is 31.2 Å². The summed E-state index contributed by atoms with van der Waals surface area (Å²) >= 11 is 2.80. The van der Waals surface area contributed by atoms with Crippen LogP contribution in [0.1, 0.15) is 34.4 Å². The van der Waals surface area contributed by atoms with E-state index in [-0.39, 0.29) is 17.2 Å². The first-order valence-electron chi connectivity index (χ1n) is 12.8. The molecule has 0 aliphatic heterocycles. The molecule has 2 heterocycles. The number of nitrogens with zero attached hydrogens (tertiary/aromatic N) is 3. The Hall–Kier alpha value is -3.83. The molecule has 4 aromatic rings. The Morgan fingerprint density at radius 3 is 2.50 bits per heavy atom. The molecule has 2 aromatic heterocycles. The number of ether oxygens (including phenoxy) is 3. The number of thioether (sulfide) groups is 1. The third-order valence-corrected chi connectivity index (χ3v) is 8.84. The van der Waals surface area contributed by atoms with Gasteiger partial charge in [0.15, 0.2) is 16.7 Å². The van der Waals surface area contributed by atoms with Gasteiger partial charge in [0.25, 0.3) is 11.5 Å². The summed E-state index contributed by atoms with van der Waals surface area (Å²) in [5.74, 6) is 1.24. The molecule has 0 saturated heterocycles. The van der Waals surface area contributed by atoms with E-state index in [1.165, 1.54) is 37.1 Å². The van der Waals surface area contributed by atoms with Gasteiger partial charge in [-0.25, -0.2) is 10.4 Å². The van der Waals surface area contributed by atoms with Gasteiger partial charge >= 0.3 is 0 Å². The van der Waals surface area contributed by atoms with Crippen molar-refractivity contribution in [3.63, 3.8) is 0 Å². The first-order chi connectivity index (χ1) is 19.4. The second-order valence-electron chi connectivity index (χ2n) is 9.29. The summed E-state index contributed by atoms with van der Waals surface area (Å²) in [6, 6.07) is 11.2. The largest absolute Gasteiger partial charge is 0.496 e. The van der Waals surface area contributed by atoms with Crippen molar-refractivity contribution >= 4 is 45.4 Å². The highest BCUT2D eigenvalue weighted by atomic mass is 32.2. The maximum Gasteiger partial charge on any atom is 0.267 e. The van der Waals surface area contributed by atoms with Gasteiger partial charge in [-0.3, -0.25) is 14.2 Å². The molecule has 1 N–H and O–H groups in total. The highest BCUT2D eigenvalue weighted by Crippen LogP contribution is 2.36. The Bertz CT molecular complexity index is 1640. The summed E-state index contributed by atoms with van der Waals surface area (Å²) in [5.41, 5.74) is 6.02. The normalized spacial score (nSPS) is 12.9. The van der Waals surface area contributed by atoms with Crippen LogP contribution in [0.25, 0.3) is 15.9 Å². The minimum absolute atomic E-state index is 0.0231. The predicted molar refractivity (Wildman–Crippen MR) is 159 cm³/mol. The van der Waals surface area contributed by atoms with E-state index >= 15 is 0 Å². The zero-order valence-corrected chi connectivity index (χ0v) is 24.4. The number of hydrazone groups is 1. The number of rotatable bonds is 9. The van der Waals surface area contributed by atoms with Crippen LogP contribution in [0.5, 0.6) is 17.2 Å². The van der Waals surface area contributed by atoms with Crippen molar-refractivity contribution in [3.05, 3.63) is 68.3 Å². The predicted octanol–water partition coefficient (Wildman–Crippen LogP) is 4.90. The summed E-state index contributed by atoms with van der Waals surface area (Å²) in [6.07, 6.45) is 5.57. The number of hydrogen-bond donors (Lipinski definition) is 1. The van der Waals surface area contributed by atoms with Crippen LogP contribution in [0.3, 0.4) is 0 Å². The first-order valence-corrected chi connectivity index (χ1v) is 14.6. The van der Waals surface area contributed by atoms with Crippen molar-refractivity contribution in [1.82, 2.24) is 15.0 Å². The summed E-state index contributed by atoms with van der Waals surface area (Å²) in [5, 5.41) is 5.28. The van der Waals surface area contributed by atoms with Gasteiger partial charge in [0.05, 0.1) is 44.4 Å². The quantitative estimate of drug-likeness (QED) is 0.130. The number of benzene rings is 2. The van der Waals surface area contributed by atoms with Crippen LogP contribution in [-0.4, -0.2) is 48.8 Å². The topological polar surface area (TPSA) is 104 Å². The average Bonchev–Trinajstić information content (AvgIpc) is 3.35. The summed E-state index contributed by atoms with van der Waals surface area (Å²) in [4.78, 5) is 33.5. The zero-order valence-electron chi connectivity index (χ0n) is 22.8. The van der Waals surface area contributed by atoms with Gasteiger partial charge in [0.1, 0.15) is 10.6 Å². The molecule has 1 amide bonds. The van der Waals surface area contributed by atoms with Crippen molar-refractivity contribution in [1.29, 1.82) is 0 Å². The molecule has 208 valence electrons. The molecule has 1 aliphatic rings. The molecular formula is C29H30N4O5S2. The van der Waals surface area contributed by atoms with Crippen LogP contribution in [0.15, 0.2) is 51.5 Å². The number of carbonyl (C=O) groups is 1. The van der Waals surface area contributed by atoms with E-state index in [0.717, 1.165) is 47.3 Å². The van der Waals surface area contributed by atoms with E-state index < -0.39 is 0 Å². The summed E-state index contributed by atoms with van der Waals surface area (Å²) in [6.45, 7) is 2.00. The van der Waals surface area contributed by atoms with Crippen LogP contribution in [0, 0.1) is 6.92 Å². The highest BCUT2D eigenvalue weighted by molar-refractivity contribution is 7.99. The lowest BCUT2D eigenvalue weighted by Gasteiger charge is -2.13. The number of fused-ring (bicyclic) bond motifs is 3. The minimum Gasteiger partial charge on any atom is -0.496 e. The Kier molecular flexibility index (Phi) is 8.41. The number of aryl methyl sites for hydroxylation is 3. The van der Waals surface area contributed by atoms with Gasteiger partial charge in [-0.1, -0.05) is 29.5 Å². The second kappa shape index (κ2) is 12.1. The SMILES string of the molecule is COc1cc(OC)c(OC)cc1/C=N/NC(=O)CSc1nc2sc3c(c2c(=O)n1-c1ccc(C)cc1)CCCC3. The number of amides is 1. The van der Waals surface area contributed by atoms with Crippen LogP contribution >= 0.6 is 23.1 Å². The van der Waals surface area contributed by atoms with E-state index in [1.54, 1.807) is 35.1 Å².